The van der Waals surface area contributed by atoms with E-state index in [0.717, 1.165) is 116 Å². The van der Waals surface area contributed by atoms with Crippen molar-refractivity contribution in [3.63, 3.8) is 0 Å². The van der Waals surface area contributed by atoms with Crippen molar-refractivity contribution < 1.29 is 58.2 Å². The quantitative estimate of drug-likeness (QED) is 0.0228. The highest BCUT2D eigenvalue weighted by atomic mass is 16.7. The van der Waals surface area contributed by atoms with Gasteiger partial charge in [0.15, 0.2) is 24.6 Å². The number of aliphatic hydroxyl groups is 2. The average molecular weight is 1020 g/mol. The highest BCUT2D eigenvalue weighted by Gasteiger charge is 2.50. The second kappa shape index (κ2) is 47.8. The van der Waals surface area contributed by atoms with E-state index in [1.807, 2.05) is 0 Å². The number of hydrogen-bond acceptors (Lipinski definition) is 11. The molecule has 0 radical (unpaired) electrons. The fourth-order valence-electron chi connectivity index (χ4n) is 7.13. The molecule has 0 amide bonds. The first-order valence-corrected chi connectivity index (χ1v) is 27.2. The van der Waals surface area contributed by atoms with E-state index in [-0.39, 0.29) is 25.9 Å². The monoisotopic (exact) mass is 1020 g/mol. The molecule has 1 rings (SSSR count). The summed E-state index contributed by atoms with van der Waals surface area (Å²) in [6, 6.07) is 0. The second-order valence-electron chi connectivity index (χ2n) is 17.7. The van der Waals surface area contributed by atoms with Gasteiger partial charge in [0, 0.05) is 19.3 Å². The Bertz CT molecular complexity index is 1780. The SMILES string of the molecule is CC/C=C\C/C=C\C/C=C\C/C=C\CCCCC(=O)OCC(COC1OC(C(=O)O)C(O)C(O)C1OC(=O)CCCCC/C=C\C/C=C\C/C=C\CC)OC(=O)CCCC/C=C\C/C=C\C/C=C\C/C=C\CC. The number of allylic oxidation sites excluding steroid dienone is 22. The van der Waals surface area contributed by atoms with Crippen LogP contribution in [0.1, 0.15) is 175 Å². The van der Waals surface area contributed by atoms with Gasteiger partial charge in [0.1, 0.15) is 18.8 Å². The van der Waals surface area contributed by atoms with Gasteiger partial charge < -0.3 is 39.0 Å². The molecule has 6 atom stereocenters. The molecule has 0 aromatic heterocycles. The second-order valence-corrected chi connectivity index (χ2v) is 17.7. The standard InChI is InChI=1S/C61H92O12/c1-4-7-10-13-16-19-22-25-27-30-32-35-38-41-44-47-53(62)69-50-52(71-54(63)48-45-42-39-36-34-31-28-26-23-20-17-14-11-8-5-2)51-70-61-59(57(66)56(65)58(73-61)60(67)68)72-55(64)49-46-43-40-37-33-29-24-21-18-15-12-9-6-3/h7-12,16-21,25-29,32-36,52,56-59,61,65-66H,4-6,13-15,22-24,30-31,37-51H2,1-3H3,(H,67,68)/b10-7-,11-8-,12-9-,19-16-,20-17-,21-18-,27-25-,28-26-,33-29-,35-32-,36-34-. The number of hydrogen-bond donors (Lipinski definition) is 3. The maximum atomic E-state index is 13.1. The van der Waals surface area contributed by atoms with Crippen LogP contribution in [-0.2, 0) is 42.9 Å². The van der Waals surface area contributed by atoms with Gasteiger partial charge in [-0.3, -0.25) is 14.4 Å². The van der Waals surface area contributed by atoms with E-state index in [1.165, 1.54) is 0 Å². The van der Waals surface area contributed by atoms with Crippen LogP contribution in [0.15, 0.2) is 134 Å². The number of esters is 3. The molecule has 1 saturated heterocycles. The molecule has 0 aromatic rings. The molecule has 0 aromatic carbocycles. The van der Waals surface area contributed by atoms with E-state index in [1.54, 1.807) is 0 Å². The molecular formula is C61H92O12. The Labute approximate surface area is 439 Å². The summed E-state index contributed by atoms with van der Waals surface area (Å²) >= 11 is 0. The molecule has 1 aliphatic heterocycles. The zero-order valence-corrected chi connectivity index (χ0v) is 44.6. The van der Waals surface area contributed by atoms with Gasteiger partial charge in [-0.15, -0.1) is 0 Å². The van der Waals surface area contributed by atoms with Gasteiger partial charge in [0.25, 0.3) is 0 Å². The zero-order valence-electron chi connectivity index (χ0n) is 44.6. The van der Waals surface area contributed by atoms with Crippen LogP contribution >= 0.6 is 0 Å². The number of rotatable bonds is 43. The van der Waals surface area contributed by atoms with Crippen LogP contribution in [0, 0.1) is 0 Å². The summed E-state index contributed by atoms with van der Waals surface area (Å²) in [6.07, 6.45) is 54.4. The van der Waals surface area contributed by atoms with Crippen molar-refractivity contribution in [2.24, 2.45) is 0 Å². The van der Waals surface area contributed by atoms with Gasteiger partial charge in [-0.2, -0.15) is 0 Å². The molecule has 73 heavy (non-hydrogen) atoms. The minimum atomic E-state index is -1.93. The molecule has 12 heteroatoms. The smallest absolute Gasteiger partial charge is 0.335 e. The molecule has 0 aliphatic carbocycles. The molecule has 408 valence electrons. The van der Waals surface area contributed by atoms with Gasteiger partial charge in [0.2, 0.25) is 0 Å². The van der Waals surface area contributed by atoms with E-state index < -0.39 is 67.3 Å². The number of aliphatic carboxylic acids is 1. The number of carbonyl (C=O) groups excluding carboxylic acids is 3. The van der Waals surface area contributed by atoms with E-state index >= 15 is 0 Å². The lowest BCUT2D eigenvalue weighted by Gasteiger charge is -2.40. The summed E-state index contributed by atoms with van der Waals surface area (Å²) in [6.45, 7) is 5.52. The molecule has 6 unspecified atom stereocenters. The topological polar surface area (TPSA) is 175 Å². The lowest BCUT2D eigenvalue weighted by atomic mass is 9.98. The maximum absolute atomic E-state index is 13.1. The van der Waals surface area contributed by atoms with Crippen LogP contribution in [0.5, 0.6) is 0 Å². The van der Waals surface area contributed by atoms with Gasteiger partial charge in [-0.05, 0) is 128 Å². The first-order chi connectivity index (χ1) is 35.6. The molecule has 1 heterocycles. The van der Waals surface area contributed by atoms with Crippen molar-refractivity contribution in [2.75, 3.05) is 13.2 Å². The Morgan fingerprint density at radius 2 is 0.822 bits per heavy atom. The summed E-state index contributed by atoms with van der Waals surface area (Å²) in [5.74, 6) is -3.30. The number of unbranched alkanes of at least 4 members (excludes halogenated alkanes) is 7. The van der Waals surface area contributed by atoms with Crippen LogP contribution in [0.3, 0.4) is 0 Å². The van der Waals surface area contributed by atoms with Crippen LogP contribution < -0.4 is 0 Å². The lowest BCUT2D eigenvalue weighted by molar-refractivity contribution is -0.301. The maximum Gasteiger partial charge on any atom is 0.335 e. The van der Waals surface area contributed by atoms with Crippen molar-refractivity contribution in [2.45, 2.75) is 212 Å². The van der Waals surface area contributed by atoms with E-state index in [2.05, 4.69) is 154 Å². The van der Waals surface area contributed by atoms with Crippen LogP contribution in [0.4, 0.5) is 0 Å². The molecule has 1 fully saturated rings. The highest BCUT2D eigenvalue weighted by molar-refractivity contribution is 5.74. The first kappa shape index (κ1) is 65.9. The first-order valence-electron chi connectivity index (χ1n) is 27.2. The largest absolute Gasteiger partial charge is 0.479 e. The Balaban J connectivity index is 2.81. The molecule has 0 spiro atoms. The summed E-state index contributed by atoms with van der Waals surface area (Å²) in [7, 11) is 0. The number of ether oxygens (including phenoxy) is 5. The van der Waals surface area contributed by atoms with Gasteiger partial charge in [-0.1, -0.05) is 161 Å². The fourth-order valence-corrected chi connectivity index (χ4v) is 7.13. The van der Waals surface area contributed by atoms with Crippen LogP contribution in [0.2, 0.25) is 0 Å². The Morgan fingerprint density at radius 1 is 0.452 bits per heavy atom. The average Bonchev–Trinajstić information content (AvgIpc) is 3.37. The third-order valence-electron chi connectivity index (χ3n) is 11.2. The minimum absolute atomic E-state index is 0.00797. The van der Waals surface area contributed by atoms with Gasteiger partial charge >= 0.3 is 23.9 Å². The van der Waals surface area contributed by atoms with Gasteiger partial charge in [0.05, 0.1) is 6.61 Å². The lowest BCUT2D eigenvalue weighted by Crippen LogP contribution is -2.61. The Kier molecular flexibility index (Phi) is 43.2. The zero-order chi connectivity index (χ0) is 53.3. The summed E-state index contributed by atoms with van der Waals surface area (Å²) in [4.78, 5) is 50.9. The Hall–Kier alpha value is -5.14. The van der Waals surface area contributed by atoms with Crippen molar-refractivity contribution in [3.8, 4) is 0 Å². The number of carboxylic acids is 1. The normalized spacial score (nSPS) is 19.4. The van der Waals surface area contributed by atoms with Crippen LogP contribution in [-0.4, -0.2) is 89.2 Å². The fraction of sp³-hybridized carbons (Fsp3) is 0.574. The predicted octanol–water partition coefficient (Wildman–Crippen LogP) is 13.4. The summed E-state index contributed by atoms with van der Waals surface area (Å²) in [5.41, 5.74) is 0. The van der Waals surface area contributed by atoms with Crippen molar-refractivity contribution in [1.29, 1.82) is 0 Å². The summed E-state index contributed by atoms with van der Waals surface area (Å²) in [5, 5.41) is 31.4. The van der Waals surface area contributed by atoms with Crippen molar-refractivity contribution in [1.82, 2.24) is 0 Å². The number of aliphatic hydroxyl groups excluding tert-OH is 2. The Morgan fingerprint density at radius 3 is 1.25 bits per heavy atom. The van der Waals surface area contributed by atoms with Crippen LogP contribution in [0.25, 0.3) is 0 Å². The van der Waals surface area contributed by atoms with E-state index in [0.29, 0.717) is 19.3 Å². The third-order valence-corrected chi connectivity index (χ3v) is 11.2. The van der Waals surface area contributed by atoms with Gasteiger partial charge in [-0.25, -0.2) is 4.79 Å². The molecule has 0 bridgehead atoms. The molecule has 0 saturated carbocycles. The van der Waals surface area contributed by atoms with E-state index in [9.17, 15) is 34.5 Å². The summed E-state index contributed by atoms with van der Waals surface area (Å²) < 4.78 is 28.2. The number of carboxylic acid groups (broad SMARTS) is 1. The third kappa shape index (κ3) is 38.2. The van der Waals surface area contributed by atoms with Crippen molar-refractivity contribution in [3.05, 3.63) is 134 Å². The van der Waals surface area contributed by atoms with E-state index in [4.69, 9.17) is 23.7 Å². The minimum Gasteiger partial charge on any atom is -0.479 e. The molecule has 12 nitrogen and oxygen atoms in total. The predicted molar refractivity (Wildman–Crippen MR) is 293 cm³/mol. The number of carbonyl (C=O) groups is 4. The highest BCUT2D eigenvalue weighted by Crippen LogP contribution is 2.26. The molecule has 1 aliphatic rings. The van der Waals surface area contributed by atoms with Crippen molar-refractivity contribution >= 4 is 23.9 Å². The molecule has 3 N–H and O–H groups in total. The molecular weight excluding hydrogens is 925 g/mol.